The maximum Gasteiger partial charge on any atom is 0.240 e. The van der Waals surface area contributed by atoms with Crippen molar-refractivity contribution in [3.05, 3.63) is 18.2 Å². The van der Waals surface area contributed by atoms with Crippen LogP contribution in [0.3, 0.4) is 0 Å². The Kier molecular flexibility index (Phi) is 4.22. The molecule has 1 aromatic rings. The Morgan fingerprint density at radius 3 is 2.60 bits per heavy atom. The van der Waals surface area contributed by atoms with Crippen molar-refractivity contribution in [3.63, 3.8) is 0 Å². The Morgan fingerprint density at radius 1 is 1.40 bits per heavy atom. The predicted molar refractivity (Wildman–Crippen MR) is 81.4 cm³/mol. The molecule has 0 amide bonds. The molecule has 20 heavy (non-hydrogen) atoms. The predicted octanol–water partition coefficient (Wildman–Crippen LogP) is 0.317. The second kappa shape index (κ2) is 5.59. The Hall–Kier alpha value is -1.31. The zero-order chi connectivity index (χ0) is 14.9. The van der Waals surface area contributed by atoms with Crippen LogP contribution in [0.2, 0.25) is 0 Å². The van der Waals surface area contributed by atoms with Crippen molar-refractivity contribution in [1.82, 2.24) is 9.62 Å². The first-order valence-corrected chi connectivity index (χ1v) is 8.08. The third-order valence-corrected chi connectivity index (χ3v) is 5.22. The van der Waals surface area contributed by atoms with Gasteiger partial charge in [-0.15, -0.1) is 0 Å². The Morgan fingerprint density at radius 2 is 2.10 bits per heavy atom. The van der Waals surface area contributed by atoms with E-state index < -0.39 is 10.0 Å². The van der Waals surface area contributed by atoms with Crippen molar-refractivity contribution in [3.8, 4) is 0 Å². The third kappa shape index (κ3) is 2.89. The van der Waals surface area contributed by atoms with Crippen LogP contribution in [-0.2, 0) is 10.0 Å². The molecule has 1 saturated heterocycles. The lowest BCUT2D eigenvalue weighted by molar-refractivity contribution is 0.315. The van der Waals surface area contributed by atoms with Crippen LogP contribution in [-0.4, -0.2) is 53.6 Å². The van der Waals surface area contributed by atoms with E-state index in [1.165, 1.54) is 13.1 Å². The molecular formula is C13H22N4O2S. The molecule has 1 heterocycles. The average Bonchev–Trinajstić information content (AvgIpc) is 2.88. The summed E-state index contributed by atoms with van der Waals surface area (Å²) in [6, 6.07) is 5.41. The van der Waals surface area contributed by atoms with Gasteiger partial charge < -0.3 is 15.5 Å². The molecule has 1 unspecified atom stereocenters. The molecule has 0 aliphatic carbocycles. The monoisotopic (exact) mass is 298 g/mol. The van der Waals surface area contributed by atoms with Gasteiger partial charge in [-0.3, -0.25) is 0 Å². The fourth-order valence-electron chi connectivity index (χ4n) is 2.49. The van der Waals surface area contributed by atoms with Crippen molar-refractivity contribution in [2.75, 3.05) is 44.9 Å². The largest absolute Gasteiger partial charge is 0.397 e. The van der Waals surface area contributed by atoms with Gasteiger partial charge >= 0.3 is 0 Å². The topological polar surface area (TPSA) is 78.7 Å². The van der Waals surface area contributed by atoms with Crippen molar-refractivity contribution in [2.24, 2.45) is 0 Å². The number of hydrogen-bond acceptors (Lipinski definition) is 5. The zero-order valence-electron chi connectivity index (χ0n) is 12.1. The van der Waals surface area contributed by atoms with Gasteiger partial charge in [0.2, 0.25) is 10.0 Å². The first-order valence-electron chi connectivity index (χ1n) is 6.59. The number of likely N-dealkylation sites (N-methyl/N-ethyl adjacent to an activating group) is 1. The van der Waals surface area contributed by atoms with E-state index in [-0.39, 0.29) is 4.90 Å². The van der Waals surface area contributed by atoms with Gasteiger partial charge in [-0.2, -0.15) is 0 Å². The van der Waals surface area contributed by atoms with E-state index in [0.717, 1.165) is 25.2 Å². The second-order valence-corrected chi connectivity index (χ2v) is 7.17. The van der Waals surface area contributed by atoms with Gasteiger partial charge in [0.05, 0.1) is 16.3 Å². The fraction of sp³-hybridized carbons (Fsp3) is 0.538. The molecule has 0 saturated carbocycles. The Balaban J connectivity index is 2.24. The van der Waals surface area contributed by atoms with Gasteiger partial charge in [-0.1, -0.05) is 0 Å². The quantitative estimate of drug-likeness (QED) is 0.783. The number of sulfonamides is 1. The molecular weight excluding hydrogens is 276 g/mol. The van der Waals surface area contributed by atoms with Crippen molar-refractivity contribution >= 4 is 21.4 Å². The van der Waals surface area contributed by atoms with Crippen LogP contribution in [0.4, 0.5) is 11.4 Å². The number of benzene rings is 1. The minimum Gasteiger partial charge on any atom is -0.397 e. The summed E-state index contributed by atoms with van der Waals surface area (Å²) in [5.74, 6) is 0. The normalized spacial score (nSPS) is 19.8. The molecule has 0 spiro atoms. The highest BCUT2D eigenvalue weighted by molar-refractivity contribution is 7.89. The highest BCUT2D eigenvalue weighted by Crippen LogP contribution is 2.29. The van der Waals surface area contributed by atoms with Crippen molar-refractivity contribution in [1.29, 1.82) is 0 Å². The number of nitrogens with two attached hydrogens (primary N) is 1. The van der Waals surface area contributed by atoms with Crippen LogP contribution in [0.5, 0.6) is 0 Å². The minimum absolute atomic E-state index is 0.199. The molecule has 0 bridgehead atoms. The molecule has 3 N–H and O–H groups in total. The number of nitrogens with one attached hydrogen (secondary N) is 1. The summed E-state index contributed by atoms with van der Waals surface area (Å²) in [4.78, 5) is 4.61. The third-order valence-electron chi connectivity index (χ3n) is 3.81. The molecule has 1 aromatic carbocycles. The van der Waals surface area contributed by atoms with Crippen LogP contribution in [0.25, 0.3) is 0 Å². The summed E-state index contributed by atoms with van der Waals surface area (Å²) in [6.07, 6.45) is 1.09. The zero-order valence-corrected chi connectivity index (χ0v) is 12.9. The Bertz CT molecular complexity index is 586. The molecule has 6 nitrogen and oxygen atoms in total. The van der Waals surface area contributed by atoms with E-state index in [2.05, 4.69) is 28.6 Å². The van der Waals surface area contributed by atoms with Gasteiger partial charge in [-0.05, 0) is 45.8 Å². The van der Waals surface area contributed by atoms with Crippen LogP contribution in [0, 0.1) is 0 Å². The standard InChI is InChI=1S/C13H22N4O2S/c1-15-20(18,19)11-4-5-13(12(14)8-11)17-7-6-10(9-17)16(2)3/h4-5,8,10,15H,6-7,9,14H2,1-3H3. The molecule has 7 heteroatoms. The summed E-state index contributed by atoms with van der Waals surface area (Å²) in [7, 11) is 2.09. The number of rotatable bonds is 4. The van der Waals surface area contributed by atoms with Crippen LogP contribution < -0.4 is 15.4 Å². The number of hydrogen-bond donors (Lipinski definition) is 2. The maximum atomic E-state index is 11.7. The first-order chi connectivity index (χ1) is 9.35. The van der Waals surface area contributed by atoms with Gasteiger partial charge in [0, 0.05) is 19.1 Å². The molecule has 112 valence electrons. The SMILES string of the molecule is CNS(=O)(=O)c1ccc(N2CCC(N(C)C)C2)c(N)c1. The molecule has 0 aromatic heterocycles. The minimum atomic E-state index is -3.44. The number of anilines is 2. The molecule has 1 fully saturated rings. The van der Waals surface area contributed by atoms with E-state index in [1.54, 1.807) is 12.1 Å². The highest BCUT2D eigenvalue weighted by Gasteiger charge is 2.25. The summed E-state index contributed by atoms with van der Waals surface area (Å²) in [5.41, 5.74) is 7.43. The lowest BCUT2D eigenvalue weighted by Crippen LogP contribution is -2.31. The molecule has 1 aliphatic rings. The number of nitrogen functional groups attached to an aromatic ring is 1. The summed E-state index contributed by atoms with van der Waals surface area (Å²) in [5, 5.41) is 0. The van der Waals surface area contributed by atoms with Crippen LogP contribution >= 0.6 is 0 Å². The van der Waals surface area contributed by atoms with Gasteiger partial charge in [0.25, 0.3) is 0 Å². The van der Waals surface area contributed by atoms with E-state index >= 15 is 0 Å². The summed E-state index contributed by atoms with van der Waals surface area (Å²) in [6.45, 7) is 1.85. The first kappa shape index (κ1) is 15.1. The highest BCUT2D eigenvalue weighted by atomic mass is 32.2. The van der Waals surface area contributed by atoms with Crippen molar-refractivity contribution in [2.45, 2.75) is 17.4 Å². The molecule has 0 radical (unpaired) electrons. The van der Waals surface area contributed by atoms with Gasteiger partial charge in [0.15, 0.2) is 0 Å². The van der Waals surface area contributed by atoms with E-state index in [4.69, 9.17) is 5.73 Å². The van der Waals surface area contributed by atoms with E-state index in [0.29, 0.717) is 11.7 Å². The maximum absolute atomic E-state index is 11.7. The van der Waals surface area contributed by atoms with Gasteiger partial charge in [0.1, 0.15) is 0 Å². The van der Waals surface area contributed by atoms with Crippen LogP contribution in [0.1, 0.15) is 6.42 Å². The fourth-order valence-corrected chi connectivity index (χ4v) is 3.25. The van der Waals surface area contributed by atoms with Gasteiger partial charge in [-0.25, -0.2) is 13.1 Å². The molecule has 1 aliphatic heterocycles. The summed E-state index contributed by atoms with van der Waals surface area (Å²) < 4.78 is 25.8. The molecule has 2 rings (SSSR count). The lowest BCUT2D eigenvalue weighted by Gasteiger charge is -2.23. The average molecular weight is 298 g/mol. The lowest BCUT2D eigenvalue weighted by atomic mass is 10.2. The second-order valence-electron chi connectivity index (χ2n) is 5.28. The van der Waals surface area contributed by atoms with Crippen LogP contribution in [0.15, 0.2) is 23.1 Å². The Labute approximate surface area is 120 Å². The van der Waals surface area contributed by atoms with E-state index in [1.807, 2.05) is 0 Å². The smallest absolute Gasteiger partial charge is 0.240 e. The molecule has 1 atom stereocenters. The number of nitrogens with zero attached hydrogens (tertiary/aromatic N) is 2. The summed E-state index contributed by atoms with van der Waals surface area (Å²) >= 11 is 0. The van der Waals surface area contributed by atoms with Crippen molar-refractivity contribution < 1.29 is 8.42 Å². The van der Waals surface area contributed by atoms with E-state index in [9.17, 15) is 8.42 Å².